The van der Waals surface area contributed by atoms with E-state index in [0.717, 1.165) is 35.1 Å². The first-order valence-corrected chi connectivity index (χ1v) is 11.6. The predicted molar refractivity (Wildman–Crippen MR) is 125 cm³/mol. The molecule has 0 aliphatic heterocycles. The Morgan fingerprint density at radius 2 is 1.71 bits per heavy atom. The molecule has 1 fully saturated rings. The average Bonchev–Trinajstić information content (AvgIpc) is 3.51. The number of rotatable bonds is 9. The van der Waals surface area contributed by atoms with Crippen LogP contribution >= 0.6 is 0 Å². The van der Waals surface area contributed by atoms with Crippen molar-refractivity contribution < 1.29 is 28.8 Å². The number of ether oxygens (including phenoxy) is 1. The SMILES string of the molecule is O=C(CC(NC(=O)OCC1c2ccccc2-c2ccccc21)C1CC1)NCc1cc(C(=O)O)no1. The van der Waals surface area contributed by atoms with Crippen molar-refractivity contribution in [2.45, 2.75) is 37.8 Å². The van der Waals surface area contributed by atoms with Crippen LogP contribution < -0.4 is 10.6 Å². The largest absolute Gasteiger partial charge is 0.476 e. The second-order valence-corrected chi connectivity index (χ2v) is 8.88. The number of carbonyl (C=O) groups is 3. The molecule has 0 saturated heterocycles. The van der Waals surface area contributed by atoms with Crippen molar-refractivity contribution in [2.75, 3.05) is 6.61 Å². The number of aromatic carboxylic acids is 1. The van der Waals surface area contributed by atoms with Gasteiger partial charge in [0.1, 0.15) is 6.61 Å². The molecule has 0 spiro atoms. The van der Waals surface area contributed by atoms with Gasteiger partial charge in [-0.05, 0) is 41.0 Å². The van der Waals surface area contributed by atoms with Crippen LogP contribution in [0, 0.1) is 5.92 Å². The van der Waals surface area contributed by atoms with Crippen LogP contribution in [0.4, 0.5) is 4.79 Å². The van der Waals surface area contributed by atoms with Crippen molar-refractivity contribution in [1.29, 1.82) is 0 Å². The maximum absolute atomic E-state index is 12.6. The van der Waals surface area contributed by atoms with Crippen molar-refractivity contribution in [3.63, 3.8) is 0 Å². The van der Waals surface area contributed by atoms with Crippen LogP contribution in [0.25, 0.3) is 11.1 Å². The number of fused-ring (bicyclic) bond motifs is 3. The molecule has 5 rings (SSSR count). The number of carboxylic acid groups (broad SMARTS) is 1. The van der Waals surface area contributed by atoms with Gasteiger partial charge in [-0.2, -0.15) is 0 Å². The summed E-state index contributed by atoms with van der Waals surface area (Å²) in [6.07, 6.45) is 1.42. The Hall–Kier alpha value is -4.14. The third-order valence-electron chi connectivity index (χ3n) is 6.48. The number of carbonyl (C=O) groups excluding carboxylic acids is 2. The molecule has 1 unspecified atom stereocenters. The lowest BCUT2D eigenvalue weighted by Gasteiger charge is -2.19. The molecule has 1 atom stereocenters. The Balaban J connectivity index is 1.15. The summed E-state index contributed by atoms with van der Waals surface area (Å²) in [5, 5.41) is 17.9. The molecule has 3 N–H and O–H groups in total. The maximum atomic E-state index is 12.6. The zero-order valence-electron chi connectivity index (χ0n) is 18.9. The van der Waals surface area contributed by atoms with E-state index in [2.05, 4.69) is 40.1 Å². The fourth-order valence-electron chi connectivity index (χ4n) is 4.58. The topological polar surface area (TPSA) is 131 Å². The number of carboxylic acids is 1. The number of amides is 2. The first kappa shape index (κ1) is 22.6. The second kappa shape index (κ2) is 9.61. The fraction of sp³-hybridized carbons (Fsp3) is 0.308. The van der Waals surface area contributed by atoms with Crippen LogP contribution in [0.2, 0.25) is 0 Å². The van der Waals surface area contributed by atoms with Crippen LogP contribution in [0.3, 0.4) is 0 Å². The summed E-state index contributed by atoms with van der Waals surface area (Å²) in [7, 11) is 0. The van der Waals surface area contributed by atoms with E-state index in [1.807, 2.05) is 24.3 Å². The van der Waals surface area contributed by atoms with Gasteiger partial charge < -0.3 is 25.0 Å². The van der Waals surface area contributed by atoms with Gasteiger partial charge in [0.15, 0.2) is 11.5 Å². The van der Waals surface area contributed by atoms with E-state index in [4.69, 9.17) is 14.4 Å². The zero-order valence-corrected chi connectivity index (χ0v) is 18.9. The van der Waals surface area contributed by atoms with Crippen LogP contribution in [0.15, 0.2) is 59.1 Å². The summed E-state index contributed by atoms with van der Waals surface area (Å²) in [6, 6.07) is 17.2. The molecule has 0 bridgehead atoms. The van der Waals surface area contributed by atoms with E-state index < -0.39 is 12.1 Å². The molecule has 35 heavy (non-hydrogen) atoms. The Kier molecular flexibility index (Phi) is 6.22. The molecule has 1 saturated carbocycles. The van der Waals surface area contributed by atoms with Gasteiger partial charge in [0.2, 0.25) is 5.91 Å². The summed E-state index contributed by atoms with van der Waals surface area (Å²) in [5.74, 6) is -1.05. The Labute approximate surface area is 201 Å². The van der Waals surface area contributed by atoms with Crippen molar-refractivity contribution in [2.24, 2.45) is 5.92 Å². The zero-order chi connectivity index (χ0) is 24.4. The molecule has 9 heteroatoms. The highest BCUT2D eigenvalue weighted by molar-refractivity contribution is 5.85. The molecule has 2 aliphatic carbocycles. The summed E-state index contributed by atoms with van der Waals surface area (Å²) in [6.45, 7) is 0.224. The highest BCUT2D eigenvalue weighted by atomic mass is 16.5. The summed E-state index contributed by atoms with van der Waals surface area (Å²) >= 11 is 0. The first-order chi connectivity index (χ1) is 17.0. The minimum absolute atomic E-state index is 0.0153. The number of benzene rings is 2. The minimum atomic E-state index is -1.20. The normalized spacial score (nSPS) is 15.1. The van der Waals surface area contributed by atoms with Crippen molar-refractivity contribution in [3.8, 4) is 11.1 Å². The standard InChI is InChI=1S/C26H25N3O6/c30-24(27-13-16-11-23(25(31)32)29-35-16)12-22(15-9-10-15)28-26(33)34-14-21-19-7-3-1-5-17(19)18-6-2-4-8-20(18)21/h1-8,11,15,21-22H,9-10,12-14H2,(H,27,30)(H,28,33)(H,31,32). The quantitative estimate of drug-likeness (QED) is 0.430. The Morgan fingerprint density at radius 1 is 1.06 bits per heavy atom. The maximum Gasteiger partial charge on any atom is 0.407 e. The van der Waals surface area contributed by atoms with Crippen LogP contribution in [0.5, 0.6) is 0 Å². The number of hydrogen-bond acceptors (Lipinski definition) is 6. The molecule has 0 radical (unpaired) electrons. The van der Waals surface area contributed by atoms with Crippen LogP contribution in [-0.4, -0.2) is 40.9 Å². The van der Waals surface area contributed by atoms with Crippen molar-refractivity contribution in [1.82, 2.24) is 15.8 Å². The van der Waals surface area contributed by atoms with Gasteiger partial charge in [-0.3, -0.25) is 4.79 Å². The highest BCUT2D eigenvalue weighted by Gasteiger charge is 2.35. The molecule has 9 nitrogen and oxygen atoms in total. The lowest BCUT2D eigenvalue weighted by atomic mass is 9.98. The van der Waals surface area contributed by atoms with E-state index in [1.54, 1.807) is 0 Å². The molecule has 1 aromatic heterocycles. The number of hydrogen-bond donors (Lipinski definition) is 3. The molecule has 2 aromatic carbocycles. The van der Waals surface area contributed by atoms with Crippen LogP contribution in [0.1, 0.15) is 52.6 Å². The molecule has 1 heterocycles. The average molecular weight is 476 g/mol. The summed E-state index contributed by atoms with van der Waals surface area (Å²) in [5.41, 5.74) is 4.37. The van der Waals surface area contributed by atoms with Gasteiger partial charge in [-0.1, -0.05) is 53.7 Å². The van der Waals surface area contributed by atoms with E-state index >= 15 is 0 Å². The molecule has 2 aliphatic rings. The lowest BCUT2D eigenvalue weighted by molar-refractivity contribution is -0.121. The monoisotopic (exact) mass is 475 g/mol. The second-order valence-electron chi connectivity index (χ2n) is 8.88. The molecule has 180 valence electrons. The molecule has 2 amide bonds. The molecule has 3 aromatic rings. The molecular formula is C26H25N3O6. The van der Waals surface area contributed by atoms with Crippen LogP contribution in [-0.2, 0) is 16.1 Å². The highest BCUT2D eigenvalue weighted by Crippen LogP contribution is 2.44. The van der Waals surface area contributed by atoms with Gasteiger partial charge >= 0.3 is 12.1 Å². The summed E-state index contributed by atoms with van der Waals surface area (Å²) < 4.78 is 10.5. The van der Waals surface area contributed by atoms with Crippen molar-refractivity contribution in [3.05, 3.63) is 77.2 Å². The minimum Gasteiger partial charge on any atom is -0.476 e. The fourth-order valence-corrected chi connectivity index (χ4v) is 4.58. The van der Waals surface area contributed by atoms with E-state index in [1.165, 1.54) is 6.07 Å². The third-order valence-corrected chi connectivity index (χ3v) is 6.48. The summed E-state index contributed by atoms with van der Waals surface area (Å²) in [4.78, 5) is 36.0. The predicted octanol–water partition coefficient (Wildman–Crippen LogP) is 3.70. The number of nitrogens with one attached hydrogen (secondary N) is 2. The van der Waals surface area contributed by atoms with Crippen molar-refractivity contribution >= 4 is 18.0 Å². The van der Waals surface area contributed by atoms with Gasteiger partial charge in [-0.25, -0.2) is 9.59 Å². The van der Waals surface area contributed by atoms with E-state index in [-0.39, 0.29) is 54.8 Å². The lowest BCUT2D eigenvalue weighted by Crippen LogP contribution is -2.41. The van der Waals surface area contributed by atoms with E-state index in [9.17, 15) is 14.4 Å². The Morgan fingerprint density at radius 3 is 2.31 bits per heavy atom. The van der Waals surface area contributed by atoms with E-state index in [0.29, 0.717) is 0 Å². The van der Waals surface area contributed by atoms with Gasteiger partial charge in [0, 0.05) is 24.4 Å². The number of aromatic nitrogens is 1. The third kappa shape index (κ3) is 5.03. The van der Waals surface area contributed by atoms with Gasteiger partial charge in [0.25, 0.3) is 0 Å². The van der Waals surface area contributed by atoms with Gasteiger partial charge in [0.05, 0.1) is 6.54 Å². The first-order valence-electron chi connectivity index (χ1n) is 11.6. The van der Waals surface area contributed by atoms with Gasteiger partial charge in [-0.15, -0.1) is 0 Å². The molecular weight excluding hydrogens is 450 g/mol. The Bertz CT molecular complexity index is 1220. The number of alkyl carbamates (subject to hydrolysis) is 1. The smallest absolute Gasteiger partial charge is 0.407 e. The number of nitrogens with zero attached hydrogens (tertiary/aromatic N) is 1.